The fourth-order valence-corrected chi connectivity index (χ4v) is 3.02. The Bertz CT molecular complexity index is 739. The Hall–Kier alpha value is -2.57. The van der Waals surface area contributed by atoms with Crippen molar-refractivity contribution >= 4 is 17.6 Å². The number of pyridine rings is 1. The van der Waals surface area contributed by atoms with E-state index in [1.54, 1.807) is 23.2 Å². The topological polar surface area (TPSA) is 92.7 Å². The number of nitrogens with one attached hydrogen (secondary N) is 1. The van der Waals surface area contributed by atoms with Crippen LogP contribution in [0, 0.1) is 12.8 Å². The quantitative estimate of drug-likeness (QED) is 0.890. The Morgan fingerprint density at radius 2 is 2.30 bits per heavy atom. The van der Waals surface area contributed by atoms with Gasteiger partial charge in [-0.05, 0) is 37.8 Å². The molecule has 3 rings (SSSR count). The number of imidazole rings is 1. The lowest BCUT2D eigenvalue weighted by Gasteiger charge is -2.31. The van der Waals surface area contributed by atoms with Crippen LogP contribution in [0.25, 0.3) is 5.65 Å². The lowest BCUT2D eigenvalue weighted by atomic mass is 9.98. The minimum Gasteiger partial charge on any atom is -0.352 e. The Balaban J connectivity index is 1.61. The number of hydrogen-bond acceptors (Lipinski definition) is 3. The molecule has 0 bridgehead atoms. The van der Waals surface area contributed by atoms with Crippen molar-refractivity contribution in [1.82, 2.24) is 19.6 Å². The number of nitrogens with zero attached hydrogens (tertiary/aromatic N) is 3. The van der Waals surface area contributed by atoms with Gasteiger partial charge >= 0.3 is 6.03 Å². The molecule has 3 amide bonds. The van der Waals surface area contributed by atoms with Crippen LogP contribution < -0.4 is 11.1 Å². The Kier molecular flexibility index (Phi) is 4.18. The predicted molar refractivity (Wildman–Crippen MR) is 86.1 cm³/mol. The summed E-state index contributed by atoms with van der Waals surface area (Å²) in [7, 11) is 0. The van der Waals surface area contributed by atoms with Gasteiger partial charge < -0.3 is 20.4 Å². The van der Waals surface area contributed by atoms with Crippen molar-refractivity contribution in [3.05, 3.63) is 35.8 Å². The van der Waals surface area contributed by atoms with E-state index in [0.717, 1.165) is 24.2 Å². The van der Waals surface area contributed by atoms with E-state index in [1.165, 1.54) is 0 Å². The van der Waals surface area contributed by atoms with E-state index >= 15 is 0 Å². The van der Waals surface area contributed by atoms with E-state index < -0.39 is 0 Å². The molecule has 2 aromatic heterocycles. The van der Waals surface area contributed by atoms with Gasteiger partial charge in [0.1, 0.15) is 5.65 Å². The summed E-state index contributed by atoms with van der Waals surface area (Å²) in [5, 5.41) is 2.94. The van der Waals surface area contributed by atoms with Crippen molar-refractivity contribution in [2.75, 3.05) is 19.6 Å². The molecule has 3 heterocycles. The summed E-state index contributed by atoms with van der Waals surface area (Å²) in [5.74, 6) is 0.127. The van der Waals surface area contributed by atoms with Crippen LogP contribution in [0.2, 0.25) is 0 Å². The van der Waals surface area contributed by atoms with Gasteiger partial charge in [0.2, 0.25) is 0 Å². The molecule has 1 fully saturated rings. The van der Waals surface area contributed by atoms with Gasteiger partial charge in [-0.25, -0.2) is 9.78 Å². The van der Waals surface area contributed by atoms with Crippen molar-refractivity contribution in [3.8, 4) is 0 Å². The fourth-order valence-electron chi connectivity index (χ4n) is 3.02. The molecule has 1 unspecified atom stereocenters. The van der Waals surface area contributed by atoms with E-state index in [9.17, 15) is 9.59 Å². The van der Waals surface area contributed by atoms with Crippen molar-refractivity contribution in [1.29, 1.82) is 0 Å². The maximum atomic E-state index is 12.3. The fraction of sp³-hybridized carbons (Fsp3) is 0.438. The van der Waals surface area contributed by atoms with Crippen LogP contribution in [0.3, 0.4) is 0 Å². The van der Waals surface area contributed by atoms with Crippen molar-refractivity contribution < 1.29 is 9.59 Å². The van der Waals surface area contributed by atoms with E-state index in [4.69, 9.17) is 5.73 Å². The minimum atomic E-state index is -0.388. The first kappa shape index (κ1) is 15.3. The molecule has 3 N–H and O–H groups in total. The number of primary amides is 1. The summed E-state index contributed by atoms with van der Waals surface area (Å²) < 4.78 is 1.93. The van der Waals surface area contributed by atoms with Gasteiger partial charge in [-0.2, -0.15) is 0 Å². The number of amides is 3. The third kappa shape index (κ3) is 3.28. The predicted octanol–water partition coefficient (Wildman–Crippen LogP) is 1.16. The monoisotopic (exact) mass is 315 g/mol. The van der Waals surface area contributed by atoms with Crippen LogP contribution in [0.5, 0.6) is 0 Å². The third-order valence-corrected chi connectivity index (χ3v) is 4.34. The maximum Gasteiger partial charge on any atom is 0.314 e. The van der Waals surface area contributed by atoms with Crippen LogP contribution in [0.15, 0.2) is 24.5 Å². The first-order valence-electron chi connectivity index (χ1n) is 7.81. The van der Waals surface area contributed by atoms with Gasteiger partial charge in [0.05, 0.1) is 0 Å². The lowest BCUT2D eigenvalue weighted by Crippen LogP contribution is -2.45. The average molecular weight is 315 g/mol. The maximum absolute atomic E-state index is 12.3. The molecule has 0 saturated carbocycles. The summed E-state index contributed by atoms with van der Waals surface area (Å²) in [6, 6.07) is 3.17. The van der Waals surface area contributed by atoms with Gasteiger partial charge in [-0.3, -0.25) is 4.79 Å². The largest absolute Gasteiger partial charge is 0.352 e. The van der Waals surface area contributed by atoms with E-state index in [2.05, 4.69) is 10.3 Å². The van der Waals surface area contributed by atoms with Gasteiger partial charge in [0.15, 0.2) is 0 Å². The molecule has 0 spiro atoms. The number of urea groups is 1. The summed E-state index contributed by atoms with van der Waals surface area (Å²) in [6.07, 6.45) is 5.53. The first-order chi connectivity index (χ1) is 11.0. The zero-order valence-corrected chi connectivity index (χ0v) is 13.2. The molecule has 1 saturated heterocycles. The molecule has 122 valence electrons. The van der Waals surface area contributed by atoms with Crippen LogP contribution >= 0.6 is 0 Å². The highest BCUT2D eigenvalue weighted by Crippen LogP contribution is 2.16. The number of carbonyl (C=O) groups excluding carboxylic acids is 2. The van der Waals surface area contributed by atoms with Gasteiger partial charge in [0.25, 0.3) is 5.91 Å². The van der Waals surface area contributed by atoms with Gasteiger partial charge in [-0.1, -0.05) is 0 Å². The normalized spacial score (nSPS) is 18.1. The third-order valence-electron chi connectivity index (χ3n) is 4.34. The Morgan fingerprint density at radius 1 is 1.48 bits per heavy atom. The number of carbonyl (C=O) groups is 2. The molecule has 1 atom stereocenters. The standard InChI is InChI=1S/C16H21N5O2/c1-11-8-18-14-7-13(4-6-21(11)14)15(22)19-9-12-3-2-5-20(10-12)16(17)23/h4,6-8,12H,2-3,5,9-10H2,1H3,(H2,17,23)(H,19,22). The molecule has 2 aromatic rings. The highest BCUT2D eigenvalue weighted by atomic mass is 16.2. The average Bonchev–Trinajstić information content (AvgIpc) is 2.93. The Labute approximate surface area is 134 Å². The Morgan fingerprint density at radius 3 is 3.09 bits per heavy atom. The zero-order valence-electron chi connectivity index (χ0n) is 13.2. The molecule has 23 heavy (non-hydrogen) atoms. The second-order valence-corrected chi connectivity index (χ2v) is 6.05. The van der Waals surface area contributed by atoms with Crippen LogP contribution in [0.1, 0.15) is 28.9 Å². The van der Waals surface area contributed by atoms with Gasteiger partial charge in [0, 0.05) is 43.3 Å². The minimum absolute atomic E-state index is 0.121. The highest BCUT2D eigenvalue weighted by Gasteiger charge is 2.22. The van der Waals surface area contributed by atoms with Crippen LogP contribution in [0.4, 0.5) is 4.79 Å². The molecule has 7 nitrogen and oxygen atoms in total. The first-order valence-corrected chi connectivity index (χ1v) is 7.81. The second kappa shape index (κ2) is 6.28. The summed E-state index contributed by atoms with van der Waals surface area (Å²) >= 11 is 0. The summed E-state index contributed by atoms with van der Waals surface area (Å²) in [6.45, 7) is 3.82. The molecule has 0 aromatic carbocycles. The van der Waals surface area contributed by atoms with Crippen LogP contribution in [-0.4, -0.2) is 45.9 Å². The second-order valence-electron chi connectivity index (χ2n) is 6.05. The smallest absolute Gasteiger partial charge is 0.314 e. The molecular formula is C16H21N5O2. The number of rotatable bonds is 3. The van der Waals surface area contributed by atoms with E-state index in [1.807, 2.05) is 17.5 Å². The number of aromatic nitrogens is 2. The van der Waals surface area contributed by atoms with E-state index in [-0.39, 0.29) is 17.9 Å². The van der Waals surface area contributed by atoms with Crippen LogP contribution in [-0.2, 0) is 0 Å². The molecular weight excluding hydrogens is 294 g/mol. The number of fused-ring (bicyclic) bond motifs is 1. The SMILES string of the molecule is Cc1cnc2cc(C(=O)NCC3CCCN(C(N)=O)C3)ccn12. The molecule has 0 aliphatic carbocycles. The zero-order chi connectivity index (χ0) is 16.4. The number of likely N-dealkylation sites (tertiary alicyclic amines) is 1. The van der Waals surface area contributed by atoms with Crippen molar-refractivity contribution in [2.45, 2.75) is 19.8 Å². The molecule has 1 aliphatic heterocycles. The van der Waals surface area contributed by atoms with Crippen molar-refractivity contribution in [3.63, 3.8) is 0 Å². The number of aryl methyl sites for hydroxylation is 1. The lowest BCUT2D eigenvalue weighted by molar-refractivity contribution is 0.0938. The molecule has 7 heteroatoms. The summed E-state index contributed by atoms with van der Waals surface area (Å²) in [5.41, 5.74) is 7.70. The number of piperidine rings is 1. The molecule has 0 radical (unpaired) electrons. The number of nitrogens with two attached hydrogens (primary N) is 1. The molecule has 1 aliphatic rings. The number of hydrogen-bond donors (Lipinski definition) is 2. The summed E-state index contributed by atoms with van der Waals surface area (Å²) in [4.78, 5) is 29.4. The highest BCUT2D eigenvalue weighted by molar-refractivity contribution is 5.95. The van der Waals surface area contributed by atoms with E-state index in [0.29, 0.717) is 25.2 Å². The van der Waals surface area contributed by atoms with Crippen molar-refractivity contribution in [2.24, 2.45) is 11.7 Å². The van der Waals surface area contributed by atoms with Gasteiger partial charge in [-0.15, -0.1) is 0 Å².